The lowest BCUT2D eigenvalue weighted by Gasteiger charge is -2.40. The van der Waals surface area contributed by atoms with Crippen LogP contribution in [-0.2, 0) is 27.4 Å². The molecule has 0 bridgehead atoms. The Morgan fingerprint density at radius 3 is 2.51 bits per heavy atom. The number of carbonyl (C=O) groups excluding carboxylic acids is 1. The minimum Gasteiger partial charge on any atom is -0.530 e. The molecule has 47 heavy (non-hydrogen) atoms. The van der Waals surface area contributed by atoms with Crippen molar-refractivity contribution in [3.05, 3.63) is 102 Å². The Hall–Kier alpha value is -3.96. The molecule has 1 aliphatic rings. The van der Waals surface area contributed by atoms with Crippen molar-refractivity contribution in [3.8, 4) is 11.5 Å². The molecule has 1 aliphatic heterocycles. The van der Waals surface area contributed by atoms with Crippen LogP contribution in [0, 0.1) is 0 Å². The molecule has 5 rings (SSSR count). The number of benzene rings is 3. The highest BCUT2D eigenvalue weighted by molar-refractivity contribution is 6.76. The van der Waals surface area contributed by atoms with Crippen molar-refractivity contribution in [2.75, 3.05) is 39.7 Å². The summed E-state index contributed by atoms with van der Waals surface area (Å²) < 4.78 is 30.0. The van der Waals surface area contributed by atoms with Crippen LogP contribution in [0.4, 0.5) is 4.79 Å². The number of nitrogens with zero attached hydrogens (tertiary/aromatic N) is 2. The maximum atomic E-state index is 11.8. The maximum absolute atomic E-state index is 11.8. The highest BCUT2D eigenvalue weighted by Crippen LogP contribution is 2.33. The number of piperidine rings is 1. The van der Waals surface area contributed by atoms with Gasteiger partial charge >= 0.3 is 0 Å². The molecule has 2 atom stereocenters. The Balaban J connectivity index is 1.20. The smallest absolute Gasteiger partial charge is 0.189 e. The van der Waals surface area contributed by atoms with E-state index >= 15 is 0 Å². The van der Waals surface area contributed by atoms with Gasteiger partial charge in [-0.1, -0.05) is 62.1 Å². The Kier molecular flexibility index (Phi) is 12.2. The lowest BCUT2D eigenvalue weighted by Crippen LogP contribution is -2.51. The molecule has 0 aliphatic carbocycles. The summed E-state index contributed by atoms with van der Waals surface area (Å²) in [7, 11) is -1.18. The van der Waals surface area contributed by atoms with E-state index in [1.54, 1.807) is 12.4 Å². The zero-order valence-corrected chi connectivity index (χ0v) is 28.6. The maximum Gasteiger partial charge on any atom is 0.189 e. The molecule has 2 heterocycles. The molecular weight excluding hydrogens is 613 g/mol. The second kappa shape index (κ2) is 16.7. The number of fused-ring (bicyclic) bond motifs is 1. The van der Waals surface area contributed by atoms with Gasteiger partial charge in [0.25, 0.3) is 0 Å². The molecule has 250 valence electrons. The van der Waals surface area contributed by atoms with Crippen LogP contribution in [0.15, 0.2) is 85.2 Å². The number of amides is 1. The van der Waals surface area contributed by atoms with Gasteiger partial charge in [-0.25, -0.2) is 0 Å². The molecule has 2 unspecified atom stereocenters. The quantitative estimate of drug-likeness (QED) is 0.0793. The number of carbonyl (C=O) groups is 1. The summed E-state index contributed by atoms with van der Waals surface area (Å²) in [6.07, 6.45) is 2.62. The van der Waals surface area contributed by atoms with Crippen molar-refractivity contribution < 1.29 is 33.6 Å². The third-order valence-electron chi connectivity index (χ3n) is 8.26. The molecule has 1 amide bonds. The van der Waals surface area contributed by atoms with E-state index in [9.17, 15) is 9.90 Å². The fourth-order valence-electron chi connectivity index (χ4n) is 5.62. The molecule has 9 nitrogen and oxygen atoms in total. The predicted molar refractivity (Wildman–Crippen MR) is 182 cm³/mol. The molecule has 0 spiro atoms. The first-order chi connectivity index (χ1) is 22.7. The van der Waals surface area contributed by atoms with E-state index in [0.29, 0.717) is 46.0 Å². The van der Waals surface area contributed by atoms with Gasteiger partial charge < -0.3 is 38.5 Å². The Morgan fingerprint density at radius 1 is 0.915 bits per heavy atom. The van der Waals surface area contributed by atoms with Crippen molar-refractivity contribution in [1.82, 2.24) is 9.88 Å². The van der Waals surface area contributed by atoms with Gasteiger partial charge in [-0.15, -0.1) is 0 Å². The van der Waals surface area contributed by atoms with Crippen LogP contribution >= 0.6 is 0 Å². The second-order valence-corrected chi connectivity index (χ2v) is 18.7. The summed E-state index contributed by atoms with van der Waals surface area (Å²) >= 11 is 0. The first-order valence-electron chi connectivity index (χ1n) is 16.2. The van der Waals surface area contributed by atoms with Crippen molar-refractivity contribution in [2.45, 2.75) is 57.3 Å². The summed E-state index contributed by atoms with van der Waals surface area (Å²) in [5, 5.41) is 13.8. The number of ether oxygens (including phenoxy) is 5. The topological polar surface area (TPSA) is 102 Å². The minimum absolute atomic E-state index is 0.0124. The molecule has 3 aromatic carbocycles. The summed E-state index contributed by atoms with van der Waals surface area (Å²) in [4.78, 5) is 17.2. The summed E-state index contributed by atoms with van der Waals surface area (Å²) in [6.45, 7) is 10.2. The molecule has 1 fully saturated rings. The molecule has 1 aromatic heterocycles. The number of hydrogen-bond donors (Lipinski definition) is 0. The first-order valence-corrected chi connectivity index (χ1v) is 19.9. The fourth-order valence-corrected chi connectivity index (χ4v) is 6.38. The minimum atomic E-state index is -1.18. The van der Waals surface area contributed by atoms with Crippen LogP contribution in [0.3, 0.4) is 0 Å². The first kappa shape index (κ1) is 34.4. The third-order valence-corrected chi connectivity index (χ3v) is 9.96. The highest BCUT2D eigenvalue weighted by Gasteiger charge is 2.31. The van der Waals surface area contributed by atoms with Gasteiger partial charge in [0.15, 0.2) is 6.79 Å². The Labute approximate surface area is 278 Å². The number of aromatic nitrogens is 1. The highest BCUT2D eigenvalue weighted by atomic mass is 28.3. The summed E-state index contributed by atoms with van der Waals surface area (Å²) in [5.74, 6) is 1.50. The molecule has 0 radical (unpaired) electrons. The van der Waals surface area contributed by atoms with E-state index in [1.165, 1.54) is 4.90 Å². The number of rotatable bonds is 16. The van der Waals surface area contributed by atoms with Crippen LogP contribution in [0.1, 0.15) is 29.0 Å². The van der Waals surface area contributed by atoms with Crippen molar-refractivity contribution in [1.29, 1.82) is 0 Å². The SMILES string of the molecule is C[Si](C)(C)CCOCOc1cc(COC2CN(C(=O)[O-])CCC2c2ccc(OCCOCc3cccnc3)cc2)cc2ccccc12. The fraction of sp³-hybridized carbons (Fsp3) is 0.405. The average molecular weight is 658 g/mol. The predicted octanol–water partition coefficient (Wildman–Crippen LogP) is 6.24. The molecule has 0 saturated carbocycles. The zero-order valence-electron chi connectivity index (χ0n) is 27.6. The summed E-state index contributed by atoms with van der Waals surface area (Å²) in [6, 6.07) is 25.1. The van der Waals surface area contributed by atoms with Gasteiger partial charge in [0.2, 0.25) is 0 Å². The normalized spacial score (nSPS) is 16.7. The zero-order chi connectivity index (χ0) is 33.1. The van der Waals surface area contributed by atoms with Gasteiger partial charge in [-0.3, -0.25) is 4.98 Å². The van der Waals surface area contributed by atoms with Crippen LogP contribution < -0.4 is 14.6 Å². The Bertz CT molecular complexity index is 1560. The number of carboxylic acid groups (broad SMARTS) is 1. The van der Waals surface area contributed by atoms with Gasteiger partial charge in [0, 0.05) is 51.5 Å². The van der Waals surface area contributed by atoms with Crippen molar-refractivity contribution >= 4 is 24.9 Å². The van der Waals surface area contributed by atoms with E-state index in [-0.39, 0.29) is 25.4 Å². The van der Waals surface area contributed by atoms with Crippen LogP contribution in [0.5, 0.6) is 11.5 Å². The number of pyridine rings is 1. The van der Waals surface area contributed by atoms with Crippen LogP contribution in [-0.4, -0.2) is 69.9 Å². The summed E-state index contributed by atoms with van der Waals surface area (Å²) in [5.41, 5.74) is 3.04. The monoisotopic (exact) mass is 657 g/mol. The average Bonchev–Trinajstić information content (AvgIpc) is 3.07. The van der Waals surface area contributed by atoms with Crippen molar-refractivity contribution in [3.63, 3.8) is 0 Å². The van der Waals surface area contributed by atoms with Gasteiger partial charge in [0.1, 0.15) is 24.2 Å². The third kappa shape index (κ3) is 10.5. The number of likely N-dealkylation sites (tertiary alicyclic amines) is 1. The largest absolute Gasteiger partial charge is 0.530 e. The van der Waals surface area contributed by atoms with Crippen LogP contribution in [0.25, 0.3) is 10.8 Å². The number of hydrogen-bond acceptors (Lipinski definition) is 8. The van der Waals surface area contributed by atoms with Crippen LogP contribution in [0.2, 0.25) is 25.7 Å². The van der Waals surface area contributed by atoms with E-state index in [1.807, 2.05) is 60.7 Å². The molecule has 1 saturated heterocycles. The van der Waals surface area contributed by atoms with Gasteiger partial charge in [0.05, 0.1) is 25.9 Å². The molecule has 4 aromatic rings. The lowest BCUT2D eigenvalue weighted by atomic mass is 9.87. The van der Waals surface area contributed by atoms with E-state index in [0.717, 1.165) is 45.0 Å². The Morgan fingerprint density at radius 2 is 1.74 bits per heavy atom. The molecule has 0 N–H and O–H groups in total. The second-order valence-electron chi connectivity index (χ2n) is 13.1. The molecular formula is C37H45N2O7Si-. The molecule has 10 heteroatoms. The lowest BCUT2D eigenvalue weighted by molar-refractivity contribution is -0.268. The van der Waals surface area contributed by atoms with Gasteiger partial charge in [-0.05, 0) is 64.9 Å². The van der Waals surface area contributed by atoms with E-state index < -0.39 is 14.2 Å². The van der Waals surface area contributed by atoms with E-state index in [2.05, 4.69) is 36.8 Å². The van der Waals surface area contributed by atoms with Gasteiger partial charge in [-0.2, -0.15) is 0 Å². The standard InChI is InChI=1S/C37H46N2O7Si/c1-47(2,3)20-19-43-27-46-35-22-29(21-31-8-4-5-9-33(31)35)26-45-36-24-39(37(40)41)16-14-34(36)30-10-12-32(13-11-30)44-18-17-42-25-28-7-6-15-38-23-28/h4-13,15,21-23,34,36H,14,16-20,24-27H2,1-3H3,(H,40,41)/p-1. The van der Waals surface area contributed by atoms with Crippen molar-refractivity contribution in [2.24, 2.45) is 0 Å². The van der Waals surface area contributed by atoms with E-state index in [4.69, 9.17) is 23.7 Å².